The van der Waals surface area contributed by atoms with E-state index in [2.05, 4.69) is 10.0 Å². The number of rotatable bonds is 14. The molecule has 0 saturated heterocycles. The molecule has 0 saturated carbocycles. The van der Waals surface area contributed by atoms with Crippen LogP contribution in [0.3, 0.4) is 0 Å². The van der Waals surface area contributed by atoms with Gasteiger partial charge in [0.05, 0.1) is 26.1 Å². The molecule has 0 fully saturated rings. The number of carbonyl (C=O) groups excluding carboxylic acids is 3. The Morgan fingerprint density at radius 2 is 1.47 bits per heavy atom. The van der Waals surface area contributed by atoms with Crippen molar-refractivity contribution in [1.29, 1.82) is 0 Å². The number of hydrogen-bond acceptors (Lipinski definition) is 8. The molecule has 2 amide bonds. The van der Waals surface area contributed by atoms with Gasteiger partial charge < -0.3 is 14.8 Å². The summed E-state index contributed by atoms with van der Waals surface area (Å²) < 4.78 is 35.9. The van der Waals surface area contributed by atoms with E-state index < -0.39 is 39.9 Å². The first-order valence-corrected chi connectivity index (χ1v) is 12.0. The van der Waals surface area contributed by atoms with Crippen LogP contribution in [0.15, 0.2) is 60.7 Å². The molecule has 0 aromatic heterocycles. The van der Waals surface area contributed by atoms with Crippen LogP contribution in [-0.2, 0) is 51.9 Å². The third-order valence-electron chi connectivity index (χ3n) is 4.29. The second kappa shape index (κ2) is 13.5. The van der Waals surface area contributed by atoms with Gasteiger partial charge in [0.1, 0.15) is 6.04 Å². The van der Waals surface area contributed by atoms with Crippen molar-refractivity contribution in [2.45, 2.75) is 25.5 Å². The minimum atomic E-state index is -3.80. The molecular weight excluding hydrogens is 466 g/mol. The standard InChI is InChI=1S/C22H27N3O8S/c1-31-22(19(26)21(28)24-33-14-17-11-7-4-8-12-17)23-20(27)18(25-34(2,29)30)15-32-13-16-9-5-3-6-10-16/h3-12,18,22,25H,13-15H2,1-2H3,(H,23,27)(H,24,28)/t18-,22+/m1/s1. The van der Waals surface area contributed by atoms with Gasteiger partial charge in [0.2, 0.25) is 15.9 Å². The maximum atomic E-state index is 12.6. The van der Waals surface area contributed by atoms with Crippen molar-refractivity contribution in [3.05, 3.63) is 71.8 Å². The molecule has 0 bridgehead atoms. The first-order valence-electron chi connectivity index (χ1n) is 10.1. The molecule has 184 valence electrons. The third kappa shape index (κ3) is 9.77. The Labute approximate surface area is 197 Å². The molecule has 0 aliphatic heterocycles. The minimum Gasteiger partial charge on any atom is -0.375 e. The number of hydroxylamine groups is 1. The fraction of sp³-hybridized carbons (Fsp3) is 0.318. The molecule has 0 radical (unpaired) electrons. The van der Waals surface area contributed by atoms with E-state index in [-0.39, 0.29) is 19.8 Å². The summed E-state index contributed by atoms with van der Waals surface area (Å²) in [5, 5.41) is 2.19. The molecule has 2 rings (SSSR count). The van der Waals surface area contributed by atoms with Crippen LogP contribution < -0.4 is 15.5 Å². The summed E-state index contributed by atoms with van der Waals surface area (Å²) in [7, 11) is -2.69. The van der Waals surface area contributed by atoms with Crippen molar-refractivity contribution >= 4 is 27.6 Å². The predicted molar refractivity (Wildman–Crippen MR) is 121 cm³/mol. The van der Waals surface area contributed by atoms with Crippen LogP contribution in [-0.4, -0.2) is 58.3 Å². The van der Waals surface area contributed by atoms with E-state index in [4.69, 9.17) is 14.3 Å². The smallest absolute Gasteiger partial charge is 0.315 e. The summed E-state index contributed by atoms with van der Waals surface area (Å²) in [6, 6.07) is 16.6. The number of nitrogens with one attached hydrogen (secondary N) is 3. The van der Waals surface area contributed by atoms with Crippen molar-refractivity contribution < 1.29 is 37.1 Å². The molecule has 3 N–H and O–H groups in total. The Hall–Kier alpha value is -3.16. The molecule has 12 heteroatoms. The second-order valence-corrected chi connectivity index (χ2v) is 8.92. The average Bonchev–Trinajstić information content (AvgIpc) is 2.81. The molecule has 0 unspecified atom stereocenters. The van der Waals surface area contributed by atoms with Crippen molar-refractivity contribution in [3.63, 3.8) is 0 Å². The van der Waals surface area contributed by atoms with E-state index in [1.165, 1.54) is 0 Å². The molecule has 11 nitrogen and oxygen atoms in total. The average molecular weight is 494 g/mol. The van der Waals surface area contributed by atoms with Crippen LogP contribution in [0, 0.1) is 0 Å². The van der Waals surface area contributed by atoms with E-state index in [0.717, 1.165) is 24.5 Å². The lowest BCUT2D eigenvalue weighted by atomic mass is 10.2. The predicted octanol–water partition coefficient (Wildman–Crippen LogP) is 0.0268. The lowest BCUT2D eigenvalue weighted by molar-refractivity contribution is -0.154. The second-order valence-electron chi connectivity index (χ2n) is 7.14. The summed E-state index contributed by atoms with van der Waals surface area (Å²) in [5.41, 5.74) is 3.56. The van der Waals surface area contributed by atoms with Gasteiger partial charge in [-0.05, 0) is 11.1 Å². The number of hydrogen-bond donors (Lipinski definition) is 3. The number of methoxy groups -OCH3 is 1. The zero-order chi connectivity index (χ0) is 25.0. The summed E-state index contributed by atoms with van der Waals surface area (Å²) in [6.07, 6.45) is -0.799. The fourth-order valence-electron chi connectivity index (χ4n) is 2.68. The summed E-state index contributed by atoms with van der Waals surface area (Å²) in [4.78, 5) is 42.1. The van der Waals surface area contributed by atoms with Gasteiger partial charge in [-0.15, -0.1) is 0 Å². The van der Waals surface area contributed by atoms with Crippen LogP contribution in [0.5, 0.6) is 0 Å². The van der Waals surface area contributed by atoms with Gasteiger partial charge in [-0.25, -0.2) is 18.6 Å². The first-order chi connectivity index (χ1) is 16.2. The van der Waals surface area contributed by atoms with Crippen LogP contribution in [0.1, 0.15) is 11.1 Å². The number of amides is 2. The molecule has 0 spiro atoms. The first kappa shape index (κ1) is 27.1. The Balaban J connectivity index is 1.92. The van der Waals surface area contributed by atoms with Gasteiger partial charge in [0.15, 0.2) is 6.23 Å². The molecule has 2 aromatic carbocycles. The number of ketones is 1. The van der Waals surface area contributed by atoms with Gasteiger partial charge in [-0.2, -0.15) is 0 Å². The van der Waals surface area contributed by atoms with Gasteiger partial charge in [0, 0.05) is 7.11 Å². The Bertz CT molecular complexity index is 1050. The Morgan fingerprint density at radius 3 is 2.00 bits per heavy atom. The van der Waals surface area contributed by atoms with Crippen molar-refractivity contribution in [2.24, 2.45) is 0 Å². The van der Waals surface area contributed by atoms with Crippen LogP contribution in [0.4, 0.5) is 0 Å². The van der Waals surface area contributed by atoms with Gasteiger partial charge in [0.25, 0.3) is 5.78 Å². The van der Waals surface area contributed by atoms with Gasteiger partial charge >= 0.3 is 5.91 Å². The normalized spacial score (nSPS) is 13.0. The highest BCUT2D eigenvalue weighted by Gasteiger charge is 2.31. The number of Topliss-reactive ketones (excluding diaryl/α,β-unsaturated/α-hetero) is 1. The van der Waals surface area contributed by atoms with E-state index in [1.807, 2.05) is 17.6 Å². The highest BCUT2D eigenvalue weighted by molar-refractivity contribution is 7.88. The van der Waals surface area contributed by atoms with Crippen LogP contribution in [0.25, 0.3) is 0 Å². The molecule has 0 heterocycles. The lowest BCUT2D eigenvalue weighted by Crippen LogP contribution is -2.55. The topological polar surface area (TPSA) is 149 Å². The van der Waals surface area contributed by atoms with Crippen molar-refractivity contribution in [1.82, 2.24) is 15.5 Å². The van der Waals surface area contributed by atoms with Crippen molar-refractivity contribution in [2.75, 3.05) is 20.0 Å². The molecule has 34 heavy (non-hydrogen) atoms. The van der Waals surface area contributed by atoms with Gasteiger partial charge in [-0.1, -0.05) is 60.7 Å². The summed E-state index contributed by atoms with van der Waals surface area (Å²) in [5.74, 6) is -3.22. The molecular formula is C22H27N3O8S. The quantitative estimate of drug-likeness (QED) is 0.190. The summed E-state index contributed by atoms with van der Waals surface area (Å²) in [6.45, 7) is -0.183. The lowest BCUT2D eigenvalue weighted by Gasteiger charge is -2.21. The highest BCUT2D eigenvalue weighted by Crippen LogP contribution is 2.03. The van der Waals surface area contributed by atoms with Crippen molar-refractivity contribution in [3.8, 4) is 0 Å². The number of sulfonamides is 1. The van der Waals surface area contributed by atoms with E-state index in [0.29, 0.717) is 0 Å². The monoisotopic (exact) mass is 493 g/mol. The molecule has 2 aromatic rings. The third-order valence-corrected chi connectivity index (χ3v) is 5.00. The fourth-order valence-corrected chi connectivity index (χ4v) is 3.37. The largest absolute Gasteiger partial charge is 0.375 e. The number of benzene rings is 2. The number of carbonyl (C=O) groups is 3. The van der Waals surface area contributed by atoms with Crippen LogP contribution in [0.2, 0.25) is 0 Å². The highest BCUT2D eigenvalue weighted by atomic mass is 32.2. The SMILES string of the molecule is CO[C@H](NC(=O)[C@@H](COCc1ccccc1)NS(C)(=O)=O)C(=O)C(=O)NOCc1ccccc1. The molecule has 0 aliphatic rings. The van der Waals surface area contributed by atoms with Crippen LogP contribution >= 0.6 is 0 Å². The molecule has 2 atom stereocenters. The van der Waals surface area contributed by atoms with Gasteiger partial charge in [-0.3, -0.25) is 19.2 Å². The van der Waals surface area contributed by atoms with E-state index in [9.17, 15) is 22.8 Å². The Morgan fingerprint density at radius 1 is 0.912 bits per heavy atom. The molecule has 0 aliphatic carbocycles. The maximum Gasteiger partial charge on any atom is 0.315 e. The maximum absolute atomic E-state index is 12.6. The summed E-state index contributed by atoms with van der Waals surface area (Å²) >= 11 is 0. The van der Waals surface area contributed by atoms with E-state index in [1.54, 1.807) is 48.5 Å². The zero-order valence-electron chi connectivity index (χ0n) is 18.7. The van der Waals surface area contributed by atoms with E-state index >= 15 is 0 Å². The minimum absolute atomic E-state index is 0.0168. The number of ether oxygens (including phenoxy) is 2. The zero-order valence-corrected chi connectivity index (χ0v) is 19.5. The Kier molecular flexibility index (Phi) is 10.8.